The number of aryl methyl sites for hydroxylation is 1. The van der Waals surface area contributed by atoms with E-state index in [0.29, 0.717) is 5.69 Å². The Morgan fingerprint density at radius 3 is 2.43 bits per heavy atom. The standard InChI is InChI=1S/C15H15FN2O3/c1-17(2)11-8-13(14(19)18(3)9-11)15(20)21-12-6-4-10(16)5-7-12/h4-9H,1-3H3. The molecule has 0 aliphatic heterocycles. The third-order valence-electron chi connectivity index (χ3n) is 2.93. The number of esters is 1. The summed E-state index contributed by atoms with van der Waals surface area (Å²) in [6, 6.07) is 6.48. The van der Waals surface area contributed by atoms with Crippen molar-refractivity contribution in [1.82, 2.24) is 4.57 Å². The largest absolute Gasteiger partial charge is 0.423 e. The summed E-state index contributed by atoms with van der Waals surface area (Å²) < 4.78 is 19.2. The van der Waals surface area contributed by atoms with Gasteiger partial charge in [-0.25, -0.2) is 9.18 Å². The second-order valence-corrected chi connectivity index (χ2v) is 4.77. The molecule has 0 bridgehead atoms. The van der Waals surface area contributed by atoms with Crippen molar-refractivity contribution in [2.24, 2.45) is 7.05 Å². The van der Waals surface area contributed by atoms with Crippen LogP contribution in [0.1, 0.15) is 10.4 Å². The van der Waals surface area contributed by atoms with E-state index in [2.05, 4.69) is 0 Å². The number of carbonyl (C=O) groups excluding carboxylic acids is 1. The number of anilines is 1. The highest BCUT2D eigenvalue weighted by molar-refractivity contribution is 5.91. The van der Waals surface area contributed by atoms with Gasteiger partial charge in [0.25, 0.3) is 5.56 Å². The molecular weight excluding hydrogens is 275 g/mol. The van der Waals surface area contributed by atoms with Crippen molar-refractivity contribution in [3.63, 3.8) is 0 Å². The molecule has 5 nitrogen and oxygen atoms in total. The summed E-state index contributed by atoms with van der Waals surface area (Å²) in [6.07, 6.45) is 1.62. The molecular formula is C15H15FN2O3. The van der Waals surface area contributed by atoms with Crippen molar-refractivity contribution in [2.75, 3.05) is 19.0 Å². The van der Waals surface area contributed by atoms with Crippen molar-refractivity contribution < 1.29 is 13.9 Å². The van der Waals surface area contributed by atoms with E-state index < -0.39 is 17.3 Å². The lowest BCUT2D eigenvalue weighted by Crippen LogP contribution is -2.28. The topological polar surface area (TPSA) is 51.5 Å². The summed E-state index contributed by atoms with van der Waals surface area (Å²) in [6.45, 7) is 0. The number of aromatic nitrogens is 1. The third-order valence-corrected chi connectivity index (χ3v) is 2.93. The molecule has 0 saturated heterocycles. The van der Waals surface area contributed by atoms with Crippen LogP contribution in [0.25, 0.3) is 0 Å². The van der Waals surface area contributed by atoms with Gasteiger partial charge in [-0.15, -0.1) is 0 Å². The average Bonchev–Trinajstić information content (AvgIpc) is 2.43. The third kappa shape index (κ3) is 3.28. The second kappa shape index (κ2) is 5.78. The van der Waals surface area contributed by atoms with Crippen LogP contribution in [0.3, 0.4) is 0 Å². The first-order chi connectivity index (χ1) is 9.88. The predicted octanol–water partition coefficient (Wildman–Crippen LogP) is 1.81. The maximum Gasteiger partial charge on any atom is 0.349 e. The van der Waals surface area contributed by atoms with Crippen LogP contribution >= 0.6 is 0 Å². The highest BCUT2D eigenvalue weighted by atomic mass is 19.1. The molecule has 0 amide bonds. The first-order valence-corrected chi connectivity index (χ1v) is 6.24. The first-order valence-electron chi connectivity index (χ1n) is 6.24. The zero-order chi connectivity index (χ0) is 15.6. The second-order valence-electron chi connectivity index (χ2n) is 4.77. The fraction of sp³-hybridized carbons (Fsp3) is 0.200. The predicted molar refractivity (Wildman–Crippen MR) is 77.4 cm³/mol. The van der Waals surface area contributed by atoms with Gasteiger partial charge in [0.05, 0.1) is 5.69 Å². The van der Waals surface area contributed by atoms with E-state index in [1.807, 2.05) is 0 Å². The van der Waals surface area contributed by atoms with Gasteiger partial charge in [-0.2, -0.15) is 0 Å². The first kappa shape index (κ1) is 14.8. The summed E-state index contributed by atoms with van der Waals surface area (Å²) in [4.78, 5) is 25.9. The Hall–Kier alpha value is -2.63. The van der Waals surface area contributed by atoms with Gasteiger partial charge in [-0.3, -0.25) is 4.79 Å². The van der Waals surface area contributed by atoms with Crippen LogP contribution in [-0.2, 0) is 7.05 Å². The van der Waals surface area contributed by atoms with Crippen LogP contribution in [0.5, 0.6) is 5.75 Å². The number of carbonyl (C=O) groups is 1. The van der Waals surface area contributed by atoms with Crippen LogP contribution in [-0.4, -0.2) is 24.6 Å². The number of hydrogen-bond donors (Lipinski definition) is 0. The Balaban J connectivity index is 2.34. The maximum absolute atomic E-state index is 12.8. The molecule has 0 radical (unpaired) electrons. The van der Waals surface area contributed by atoms with E-state index in [4.69, 9.17) is 4.74 Å². The summed E-state index contributed by atoms with van der Waals surface area (Å²) in [5.74, 6) is -1.02. The Morgan fingerprint density at radius 1 is 1.24 bits per heavy atom. The molecule has 1 aromatic carbocycles. The summed E-state index contributed by atoms with van der Waals surface area (Å²) in [5.41, 5.74) is 0.170. The Kier molecular flexibility index (Phi) is 4.07. The number of ether oxygens (including phenoxy) is 1. The lowest BCUT2D eigenvalue weighted by Gasteiger charge is -2.14. The van der Waals surface area contributed by atoms with Gasteiger partial charge in [0.1, 0.15) is 17.1 Å². The van der Waals surface area contributed by atoms with Crippen molar-refractivity contribution >= 4 is 11.7 Å². The van der Waals surface area contributed by atoms with E-state index >= 15 is 0 Å². The van der Waals surface area contributed by atoms with E-state index in [9.17, 15) is 14.0 Å². The molecule has 0 atom stereocenters. The molecule has 0 fully saturated rings. The molecule has 6 heteroatoms. The zero-order valence-corrected chi connectivity index (χ0v) is 12.0. The molecule has 0 spiro atoms. The molecule has 0 aliphatic carbocycles. The molecule has 2 aromatic rings. The normalized spacial score (nSPS) is 10.3. The molecule has 2 rings (SSSR count). The van der Waals surface area contributed by atoms with Gasteiger partial charge in [0.15, 0.2) is 0 Å². The highest BCUT2D eigenvalue weighted by Gasteiger charge is 2.16. The molecule has 0 unspecified atom stereocenters. The van der Waals surface area contributed by atoms with Crippen LogP contribution in [0.4, 0.5) is 10.1 Å². The maximum atomic E-state index is 12.8. The van der Waals surface area contributed by atoms with Gasteiger partial charge < -0.3 is 14.2 Å². The Morgan fingerprint density at radius 2 is 1.86 bits per heavy atom. The number of pyridine rings is 1. The van der Waals surface area contributed by atoms with E-state index in [-0.39, 0.29) is 11.3 Å². The summed E-state index contributed by atoms with van der Waals surface area (Å²) >= 11 is 0. The smallest absolute Gasteiger partial charge is 0.349 e. The van der Waals surface area contributed by atoms with Crippen LogP contribution in [0, 0.1) is 5.82 Å². The zero-order valence-electron chi connectivity index (χ0n) is 12.0. The van der Waals surface area contributed by atoms with Crippen LogP contribution in [0.15, 0.2) is 41.3 Å². The minimum atomic E-state index is -0.772. The number of nitrogens with zero attached hydrogens (tertiary/aromatic N) is 2. The van der Waals surface area contributed by atoms with Crippen molar-refractivity contribution in [1.29, 1.82) is 0 Å². The van der Waals surface area contributed by atoms with Gasteiger partial charge in [0.2, 0.25) is 0 Å². The van der Waals surface area contributed by atoms with Crippen LogP contribution in [0.2, 0.25) is 0 Å². The highest BCUT2D eigenvalue weighted by Crippen LogP contribution is 2.15. The number of halogens is 1. The van der Waals surface area contributed by atoms with Gasteiger partial charge >= 0.3 is 5.97 Å². The summed E-state index contributed by atoms with van der Waals surface area (Å²) in [5, 5.41) is 0. The average molecular weight is 290 g/mol. The fourth-order valence-corrected chi connectivity index (χ4v) is 1.75. The SMILES string of the molecule is CN(C)c1cc(C(=O)Oc2ccc(F)cc2)c(=O)n(C)c1. The van der Waals surface area contributed by atoms with Crippen molar-refractivity contribution in [3.05, 3.63) is 58.3 Å². The molecule has 0 N–H and O–H groups in total. The molecule has 0 saturated carbocycles. The Bertz CT molecular complexity index is 721. The fourth-order valence-electron chi connectivity index (χ4n) is 1.75. The lowest BCUT2D eigenvalue weighted by molar-refractivity contribution is 0.0732. The van der Waals surface area contributed by atoms with Crippen molar-refractivity contribution in [2.45, 2.75) is 0 Å². The number of rotatable bonds is 3. The van der Waals surface area contributed by atoms with Crippen molar-refractivity contribution in [3.8, 4) is 5.75 Å². The van der Waals surface area contributed by atoms with E-state index in [1.54, 1.807) is 32.2 Å². The molecule has 21 heavy (non-hydrogen) atoms. The van der Waals surface area contributed by atoms with E-state index in [1.165, 1.54) is 34.9 Å². The Labute approximate surface area is 121 Å². The molecule has 110 valence electrons. The molecule has 1 heterocycles. The molecule has 1 aromatic heterocycles. The number of benzene rings is 1. The van der Waals surface area contributed by atoms with Gasteiger partial charge in [0, 0.05) is 27.3 Å². The van der Waals surface area contributed by atoms with Crippen LogP contribution < -0.4 is 15.2 Å². The quantitative estimate of drug-likeness (QED) is 0.639. The van der Waals surface area contributed by atoms with E-state index in [0.717, 1.165) is 0 Å². The van der Waals surface area contributed by atoms with Gasteiger partial charge in [-0.05, 0) is 30.3 Å². The minimum absolute atomic E-state index is 0.0759. The summed E-state index contributed by atoms with van der Waals surface area (Å²) in [7, 11) is 5.16. The minimum Gasteiger partial charge on any atom is -0.423 e. The molecule has 0 aliphatic rings. The number of hydrogen-bond acceptors (Lipinski definition) is 4. The lowest BCUT2D eigenvalue weighted by atomic mass is 10.2. The monoisotopic (exact) mass is 290 g/mol. The van der Waals surface area contributed by atoms with Gasteiger partial charge in [-0.1, -0.05) is 0 Å².